The van der Waals surface area contributed by atoms with E-state index in [2.05, 4.69) is 5.32 Å². The van der Waals surface area contributed by atoms with E-state index in [1.807, 2.05) is 0 Å². The lowest BCUT2D eigenvalue weighted by atomic mass is 10.2. The number of nitrogens with zero attached hydrogens (tertiary/aromatic N) is 1. The molecule has 8 heteroatoms. The van der Waals surface area contributed by atoms with E-state index in [0.29, 0.717) is 12.1 Å². The van der Waals surface area contributed by atoms with Gasteiger partial charge in [0.15, 0.2) is 5.75 Å². The summed E-state index contributed by atoms with van der Waals surface area (Å²) in [5.74, 6) is -0.158. The van der Waals surface area contributed by atoms with Gasteiger partial charge in [0.05, 0.1) is 18.0 Å². The van der Waals surface area contributed by atoms with Gasteiger partial charge in [-0.25, -0.2) is 0 Å². The van der Waals surface area contributed by atoms with Crippen LogP contribution in [0, 0.1) is 10.1 Å². The van der Waals surface area contributed by atoms with Crippen molar-refractivity contribution in [3.63, 3.8) is 0 Å². The Hall–Kier alpha value is -1.83. The number of ether oxygens (including phenoxy) is 1. The lowest BCUT2D eigenvalue weighted by molar-refractivity contribution is -0.386. The van der Waals surface area contributed by atoms with Crippen molar-refractivity contribution >= 4 is 5.69 Å². The summed E-state index contributed by atoms with van der Waals surface area (Å²) in [6.45, 7) is -0.223. The molecule has 0 atom stereocenters. The van der Waals surface area contributed by atoms with Crippen LogP contribution >= 0.6 is 0 Å². The van der Waals surface area contributed by atoms with Crippen LogP contribution in [0.5, 0.6) is 5.75 Å². The molecule has 0 aliphatic heterocycles. The number of nitro groups is 1. The highest BCUT2D eigenvalue weighted by atomic mass is 19.4. The number of hydrogen-bond acceptors (Lipinski definition) is 4. The van der Waals surface area contributed by atoms with Gasteiger partial charge in [0.1, 0.15) is 0 Å². The lowest BCUT2D eigenvalue weighted by Gasteiger charge is -2.09. The summed E-state index contributed by atoms with van der Waals surface area (Å²) in [4.78, 5) is 10.1. The third kappa shape index (κ3) is 5.12. The fraction of sp³-hybridized carbons (Fsp3) is 0.455. The minimum absolute atomic E-state index is 0.158. The zero-order chi connectivity index (χ0) is 14.5. The molecule has 0 fully saturated rings. The van der Waals surface area contributed by atoms with Crippen LogP contribution < -0.4 is 10.1 Å². The van der Waals surface area contributed by atoms with Crippen molar-refractivity contribution in [3.8, 4) is 5.75 Å². The van der Waals surface area contributed by atoms with Crippen LogP contribution in [0.15, 0.2) is 18.2 Å². The third-order valence-electron chi connectivity index (χ3n) is 2.24. The summed E-state index contributed by atoms with van der Waals surface area (Å²) < 4.78 is 40.7. The Labute approximate surface area is 107 Å². The van der Waals surface area contributed by atoms with Crippen LogP contribution in [-0.4, -0.2) is 24.8 Å². The zero-order valence-electron chi connectivity index (χ0n) is 10.2. The Bertz CT molecular complexity index is 449. The molecule has 0 saturated carbocycles. The van der Waals surface area contributed by atoms with E-state index < -0.39 is 24.1 Å². The third-order valence-corrected chi connectivity index (χ3v) is 2.24. The van der Waals surface area contributed by atoms with Gasteiger partial charge in [-0.1, -0.05) is 6.07 Å². The molecular weight excluding hydrogens is 265 g/mol. The van der Waals surface area contributed by atoms with Crippen molar-refractivity contribution in [3.05, 3.63) is 33.9 Å². The summed E-state index contributed by atoms with van der Waals surface area (Å²) in [5, 5.41) is 13.6. The molecule has 1 rings (SSSR count). The highest BCUT2D eigenvalue weighted by Gasteiger charge is 2.27. The molecule has 0 aliphatic rings. The highest BCUT2D eigenvalue weighted by molar-refractivity contribution is 5.48. The predicted molar refractivity (Wildman–Crippen MR) is 62.0 cm³/mol. The maximum atomic E-state index is 12.0. The minimum Gasteiger partial charge on any atom is -0.486 e. The molecule has 1 aromatic carbocycles. The maximum Gasteiger partial charge on any atom is 0.392 e. The van der Waals surface area contributed by atoms with E-state index in [1.54, 1.807) is 13.1 Å². The summed E-state index contributed by atoms with van der Waals surface area (Å²) in [7, 11) is 1.68. The van der Waals surface area contributed by atoms with Crippen molar-refractivity contribution in [2.75, 3.05) is 13.7 Å². The second-order valence-corrected chi connectivity index (χ2v) is 3.80. The van der Waals surface area contributed by atoms with Gasteiger partial charge in [0, 0.05) is 12.6 Å². The summed E-state index contributed by atoms with van der Waals surface area (Å²) in [6, 6.07) is 4.15. The van der Waals surface area contributed by atoms with Crippen LogP contribution in [0.4, 0.5) is 18.9 Å². The standard InChI is InChI=1S/C11H13F3N2O3/c1-15-7-8-2-3-10(9(6-8)16(17)18)19-5-4-11(12,13)14/h2-3,6,15H,4-5,7H2,1H3. The maximum absolute atomic E-state index is 12.0. The Morgan fingerprint density at radius 2 is 2.11 bits per heavy atom. The first-order chi connectivity index (χ1) is 8.83. The molecule has 1 N–H and O–H groups in total. The van der Waals surface area contributed by atoms with E-state index in [-0.39, 0.29) is 11.4 Å². The SMILES string of the molecule is CNCc1ccc(OCCC(F)(F)F)c([N+](=O)[O-])c1. The van der Waals surface area contributed by atoms with Gasteiger partial charge in [-0.3, -0.25) is 10.1 Å². The monoisotopic (exact) mass is 278 g/mol. The quantitative estimate of drug-likeness (QED) is 0.641. The highest BCUT2D eigenvalue weighted by Crippen LogP contribution is 2.29. The fourth-order valence-corrected chi connectivity index (χ4v) is 1.42. The van der Waals surface area contributed by atoms with Gasteiger partial charge in [-0.2, -0.15) is 13.2 Å². The van der Waals surface area contributed by atoms with E-state index in [1.165, 1.54) is 12.1 Å². The molecule has 0 aromatic heterocycles. The topological polar surface area (TPSA) is 64.4 Å². The van der Waals surface area contributed by atoms with E-state index in [0.717, 1.165) is 0 Å². The molecule has 0 amide bonds. The Balaban J connectivity index is 2.79. The molecule has 0 aliphatic carbocycles. The second-order valence-electron chi connectivity index (χ2n) is 3.80. The zero-order valence-corrected chi connectivity index (χ0v) is 10.2. The van der Waals surface area contributed by atoms with Crippen LogP contribution in [0.1, 0.15) is 12.0 Å². The van der Waals surface area contributed by atoms with Crippen LogP contribution in [0.3, 0.4) is 0 Å². The molecule has 0 unspecified atom stereocenters. The average molecular weight is 278 g/mol. The van der Waals surface area contributed by atoms with Gasteiger partial charge in [0.2, 0.25) is 0 Å². The Kier molecular flexibility index (Phi) is 5.11. The number of halogens is 3. The normalized spacial score (nSPS) is 11.4. The summed E-state index contributed by atoms with van der Waals surface area (Å²) >= 11 is 0. The van der Waals surface area contributed by atoms with Crippen LogP contribution in [-0.2, 0) is 6.54 Å². The lowest BCUT2D eigenvalue weighted by Crippen LogP contribution is -2.13. The molecule has 106 valence electrons. The van der Waals surface area contributed by atoms with E-state index >= 15 is 0 Å². The fourth-order valence-electron chi connectivity index (χ4n) is 1.42. The van der Waals surface area contributed by atoms with Crippen molar-refractivity contribution < 1.29 is 22.8 Å². The molecule has 0 heterocycles. The molecular formula is C11H13F3N2O3. The molecule has 1 aromatic rings. The van der Waals surface area contributed by atoms with E-state index in [9.17, 15) is 23.3 Å². The van der Waals surface area contributed by atoms with Gasteiger partial charge in [-0.05, 0) is 18.7 Å². The Morgan fingerprint density at radius 3 is 2.63 bits per heavy atom. The number of nitro benzene ring substituents is 1. The van der Waals surface area contributed by atoms with Crippen molar-refractivity contribution in [1.82, 2.24) is 5.32 Å². The molecule has 5 nitrogen and oxygen atoms in total. The number of hydrogen-bond donors (Lipinski definition) is 1. The molecule has 0 spiro atoms. The van der Waals surface area contributed by atoms with Crippen LogP contribution in [0.25, 0.3) is 0 Å². The number of nitrogens with one attached hydrogen (secondary N) is 1. The molecule has 0 bridgehead atoms. The van der Waals surface area contributed by atoms with Gasteiger partial charge >= 0.3 is 11.9 Å². The van der Waals surface area contributed by atoms with Gasteiger partial charge in [-0.15, -0.1) is 0 Å². The Morgan fingerprint density at radius 1 is 1.42 bits per heavy atom. The number of alkyl halides is 3. The van der Waals surface area contributed by atoms with Crippen molar-refractivity contribution in [2.24, 2.45) is 0 Å². The van der Waals surface area contributed by atoms with Gasteiger partial charge in [0.25, 0.3) is 0 Å². The largest absolute Gasteiger partial charge is 0.486 e. The van der Waals surface area contributed by atoms with Crippen LogP contribution in [0.2, 0.25) is 0 Å². The first-order valence-corrected chi connectivity index (χ1v) is 5.45. The smallest absolute Gasteiger partial charge is 0.392 e. The molecule has 19 heavy (non-hydrogen) atoms. The second kappa shape index (κ2) is 6.37. The van der Waals surface area contributed by atoms with E-state index in [4.69, 9.17) is 4.74 Å². The van der Waals surface area contributed by atoms with Crippen molar-refractivity contribution in [1.29, 1.82) is 0 Å². The minimum atomic E-state index is -4.35. The molecule has 0 radical (unpaired) electrons. The predicted octanol–water partition coefficient (Wildman–Crippen LogP) is 2.65. The number of rotatable bonds is 6. The molecule has 0 saturated heterocycles. The first-order valence-electron chi connectivity index (χ1n) is 5.45. The summed E-state index contributed by atoms with van der Waals surface area (Å²) in [5.41, 5.74) is 0.312. The number of benzene rings is 1. The van der Waals surface area contributed by atoms with Crippen molar-refractivity contribution in [2.45, 2.75) is 19.1 Å². The first kappa shape index (κ1) is 15.2. The summed E-state index contributed by atoms with van der Waals surface area (Å²) in [6.07, 6.45) is -5.50. The van der Waals surface area contributed by atoms with Gasteiger partial charge < -0.3 is 10.1 Å². The average Bonchev–Trinajstić information content (AvgIpc) is 2.29.